The number of nitrogens with one attached hydrogen (secondary N) is 1. The molecule has 5 heteroatoms. The zero-order chi connectivity index (χ0) is 13.1. The summed E-state index contributed by atoms with van der Waals surface area (Å²) in [5.41, 5.74) is 0.632. The molecule has 1 unspecified atom stereocenters. The van der Waals surface area contributed by atoms with Gasteiger partial charge in [0, 0.05) is 18.5 Å². The Bertz CT molecular complexity index is 469. The monoisotopic (exact) mass is 263 g/mol. The van der Waals surface area contributed by atoms with E-state index in [0.717, 1.165) is 6.42 Å². The van der Waals surface area contributed by atoms with Crippen LogP contribution in [-0.4, -0.2) is 44.8 Å². The van der Waals surface area contributed by atoms with E-state index in [4.69, 9.17) is 14.2 Å². The lowest BCUT2D eigenvalue weighted by Crippen LogP contribution is -2.46. The van der Waals surface area contributed by atoms with E-state index in [1.807, 2.05) is 0 Å². The van der Waals surface area contributed by atoms with Crippen molar-refractivity contribution in [2.24, 2.45) is 0 Å². The topological polar surface area (TPSA) is 56.8 Å². The van der Waals surface area contributed by atoms with E-state index in [0.29, 0.717) is 50.0 Å². The van der Waals surface area contributed by atoms with Gasteiger partial charge in [-0.2, -0.15) is 0 Å². The molecule has 0 amide bonds. The van der Waals surface area contributed by atoms with E-state index in [1.165, 1.54) is 0 Å². The van der Waals surface area contributed by atoms with Gasteiger partial charge in [0.05, 0.1) is 32.5 Å². The van der Waals surface area contributed by atoms with Crippen LogP contribution in [0.3, 0.4) is 0 Å². The maximum atomic E-state index is 12.3. The van der Waals surface area contributed by atoms with Crippen LogP contribution in [0, 0.1) is 0 Å². The zero-order valence-corrected chi connectivity index (χ0v) is 10.7. The fraction of sp³-hybridized carbons (Fsp3) is 0.500. The van der Waals surface area contributed by atoms with Crippen LogP contribution in [0.5, 0.6) is 11.5 Å². The number of ether oxygens (including phenoxy) is 3. The normalized spacial score (nSPS) is 22.6. The van der Waals surface area contributed by atoms with Crippen LogP contribution in [0.15, 0.2) is 18.2 Å². The van der Waals surface area contributed by atoms with E-state index in [2.05, 4.69) is 5.32 Å². The fourth-order valence-electron chi connectivity index (χ4n) is 2.25. The van der Waals surface area contributed by atoms with E-state index in [-0.39, 0.29) is 11.8 Å². The van der Waals surface area contributed by atoms with Gasteiger partial charge in [-0.15, -0.1) is 0 Å². The molecule has 1 aromatic carbocycles. The number of hydrogen-bond acceptors (Lipinski definition) is 5. The molecular weight excluding hydrogens is 246 g/mol. The van der Waals surface area contributed by atoms with Gasteiger partial charge in [-0.05, 0) is 18.2 Å². The Kier molecular flexibility index (Phi) is 3.66. The quantitative estimate of drug-likeness (QED) is 0.807. The first-order valence-corrected chi connectivity index (χ1v) is 6.59. The highest BCUT2D eigenvalue weighted by Crippen LogP contribution is 2.30. The molecule has 2 heterocycles. The maximum absolute atomic E-state index is 12.3. The molecule has 3 rings (SSSR count). The summed E-state index contributed by atoms with van der Waals surface area (Å²) in [5.74, 6) is 1.40. The molecule has 102 valence electrons. The molecule has 19 heavy (non-hydrogen) atoms. The van der Waals surface area contributed by atoms with Gasteiger partial charge in [-0.1, -0.05) is 0 Å². The number of carbonyl (C=O) groups is 1. The average Bonchev–Trinajstić information content (AvgIpc) is 2.72. The molecular formula is C14H17NO4. The van der Waals surface area contributed by atoms with Gasteiger partial charge in [-0.3, -0.25) is 4.79 Å². The van der Waals surface area contributed by atoms with Crippen molar-refractivity contribution in [1.82, 2.24) is 5.32 Å². The summed E-state index contributed by atoms with van der Waals surface area (Å²) in [6.45, 7) is 3.06. The summed E-state index contributed by atoms with van der Waals surface area (Å²) in [5, 5.41) is 3.16. The molecule has 5 nitrogen and oxygen atoms in total. The van der Waals surface area contributed by atoms with Crippen molar-refractivity contribution in [2.45, 2.75) is 12.5 Å². The Morgan fingerprint density at radius 1 is 1.16 bits per heavy atom. The minimum absolute atomic E-state index is 0.0374. The second kappa shape index (κ2) is 5.59. The molecule has 0 spiro atoms. The Balaban J connectivity index is 1.80. The number of hydrogen-bond donors (Lipinski definition) is 1. The van der Waals surface area contributed by atoms with Crippen LogP contribution in [0.25, 0.3) is 0 Å². The third-order valence-corrected chi connectivity index (χ3v) is 3.27. The molecule has 0 saturated carbocycles. The molecule has 2 aliphatic rings. The van der Waals surface area contributed by atoms with E-state index >= 15 is 0 Å². The van der Waals surface area contributed by atoms with Crippen LogP contribution in [-0.2, 0) is 4.74 Å². The summed E-state index contributed by atoms with van der Waals surface area (Å²) in [7, 11) is 0. The molecule has 1 N–H and O–H groups in total. The Morgan fingerprint density at radius 2 is 2.00 bits per heavy atom. The van der Waals surface area contributed by atoms with E-state index < -0.39 is 0 Å². The van der Waals surface area contributed by atoms with Crippen molar-refractivity contribution in [2.75, 3.05) is 33.0 Å². The lowest BCUT2D eigenvalue weighted by atomic mass is 10.0. The van der Waals surface area contributed by atoms with Crippen LogP contribution >= 0.6 is 0 Å². The van der Waals surface area contributed by atoms with Gasteiger partial charge in [0.1, 0.15) is 0 Å². The van der Waals surface area contributed by atoms with Crippen molar-refractivity contribution >= 4 is 5.78 Å². The highest BCUT2D eigenvalue weighted by molar-refractivity contribution is 6.00. The van der Waals surface area contributed by atoms with E-state index in [9.17, 15) is 4.79 Å². The smallest absolute Gasteiger partial charge is 0.182 e. The predicted molar refractivity (Wildman–Crippen MR) is 69.0 cm³/mol. The molecule has 1 atom stereocenters. The van der Waals surface area contributed by atoms with Crippen LogP contribution in [0.2, 0.25) is 0 Å². The standard InChI is InChI=1S/C14H17NO4/c16-14(11-9-17-7-4-15-11)10-2-3-12-13(8-10)19-6-1-5-18-12/h2-3,8,11,15H,1,4-7,9H2. The number of rotatable bonds is 2. The highest BCUT2D eigenvalue weighted by Gasteiger charge is 2.23. The lowest BCUT2D eigenvalue weighted by molar-refractivity contribution is 0.0607. The van der Waals surface area contributed by atoms with Gasteiger partial charge < -0.3 is 19.5 Å². The van der Waals surface area contributed by atoms with Gasteiger partial charge in [0.25, 0.3) is 0 Å². The molecule has 1 saturated heterocycles. The maximum Gasteiger partial charge on any atom is 0.182 e. The first kappa shape index (κ1) is 12.4. The van der Waals surface area contributed by atoms with Crippen molar-refractivity contribution in [3.63, 3.8) is 0 Å². The summed E-state index contributed by atoms with van der Waals surface area (Å²) in [6.07, 6.45) is 0.857. The number of morpholine rings is 1. The first-order chi connectivity index (χ1) is 9.34. The minimum atomic E-state index is -0.265. The van der Waals surface area contributed by atoms with Gasteiger partial charge in [0.15, 0.2) is 17.3 Å². The van der Waals surface area contributed by atoms with Gasteiger partial charge in [-0.25, -0.2) is 0 Å². The first-order valence-electron chi connectivity index (χ1n) is 6.59. The number of benzene rings is 1. The minimum Gasteiger partial charge on any atom is -0.490 e. The fourth-order valence-corrected chi connectivity index (χ4v) is 2.25. The van der Waals surface area contributed by atoms with Gasteiger partial charge >= 0.3 is 0 Å². The molecule has 2 aliphatic heterocycles. The van der Waals surface area contributed by atoms with Crippen molar-refractivity contribution in [3.05, 3.63) is 23.8 Å². The molecule has 0 aliphatic carbocycles. The second-order valence-corrected chi connectivity index (χ2v) is 4.66. The van der Waals surface area contributed by atoms with Crippen LogP contribution in [0.4, 0.5) is 0 Å². The number of fused-ring (bicyclic) bond motifs is 1. The van der Waals surface area contributed by atoms with Crippen molar-refractivity contribution < 1.29 is 19.0 Å². The van der Waals surface area contributed by atoms with E-state index in [1.54, 1.807) is 18.2 Å². The molecule has 1 fully saturated rings. The van der Waals surface area contributed by atoms with Crippen molar-refractivity contribution in [1.29, 1.82) is 0 Å². The van der Waals surface area contributed by atoms with Gasteiger partial charge in [0.2, 0.25) is 0 Å². The zero-order valence-electron chi connectivity index (χ0n) is 10.7. The Hall–Kier alpha value is -1.59. The average molecular weight is 263 g/mol. The number of Topliss-reactive ketones (excluding diaryl/α,β-unsaturated/α-hetero) is 1. The second-order valence-electron chi connectivity index (χ2n) is 4.66. The Morgan fingerprint density at radius 3 is 2.79 bits per heavy atom. The number of ketones is 1. The lowest BCUT2D eigenvalue weighted by Gasteiger charge is -2.22. The van der Waals surface area contributed by atoms with Crippen LogP contribution < -0.4 is 14.8 Å². The molecule has 0 aromatic heterocycles. The molecule has 1 aromatic rings. The summed E-state index contributed by atoms with van der Waals surface area (Å²) in [6, 6.07) is 5.08. The van der Waals surface area contributed by atoms with Crippen LogP contribution in [0.1, 0.15) is 16.8 Å². The summed E-state index contributed by atoms with van der Waals surface area (Å²) in [4.78, 5) is 12.3. The third-order valence-electron chi connectivity index (χ3n) is 3.27. The molecule has 0 bridgehead atoms. The highest BCUT2D eigenvalue weighted by atomic mass is 16.5. The molecule has 0 radical (unpaired) electrons. The number of carbonyl (C=O) groups excluding carboxylic acids is 1. The predicted octanol–water partition coefficient (Wildman–Crippen LogP) is 1.02. The summed E-state index contributed by atoms with van der Waals surface area (Å²) >= 11 is 0. The Labute approximate surface area is 111 Å². The largest absolute Gasteiger partial charge is 0.490 e. The summed E-state index contributed by atoms with van der Waals surface area (Å²) < 4.78 is 16.5. The third kappa shape index (κ3) is 2.72. The van der Waals surface area contributed by atoms with Crippen molar-refractivity contribution in [3.8, 4) is 11.5 Å². The SMILES string of the molecule is O=C(c1ccc2c(c1)OCCCO2)C1COCCN1.